The predicted molar refractivity (Wildman–Crippen MR) is 73.0 cm³/mol. The Bertz CT molecular complexity index is 570. The van der Waals surface area contributed by atoms with Crippen LogP contribution in [0.25, 0.3) is 0 Å². The standard InChI is InChI=1S/C14H14ClNO2/c1-9-6-14(11(15)7-13(9)17)18-8-10-4-2-3-5-12(10)16/h2-7,17H,8,16H2,1H3. The molecule has 0 aliphatic carbocycles. The van der Waals surface area contributed by atoms with E-state index in [2.05, 4.69) is 0 Å². The van der Waals surface area contributed by atoms with Gasteiger partial charge in [-0.05, 0) is 24.6 Å². The molecule has 94 valence electrons. The van der Waals surface area contributed by atoms with Crippen LogP contribution in [0.3, 0.4) is 0 Å². The average Bonchev–Trinajstić information content (AvgIpc) is 2.34. The van der Waals surface area contributed by atoms with Crippen LogP contribution >= 0.6 is 11.6 Å². The van der Waals surface area contributed by atoms with E-state index in [0.717, 1.165) is 11.1 Å². The minimum Gasteiger partial charge on any atom is -0.508 e. The highest BCUT2D eigenvalue weighted by molar-refractivity contribution is 6.32. The second kappa shape index (κ2) is 5.19. The minimum atomic E-state index is 0.159. The second-order valence-corrected chi connectivity index (χ2v) is 4.46. The van der Waals surface area contributed by atoms with E-state index in [-0.39, 0.29) is 5.75 Å². The molecule has 4 heteroatoms. The number of aryl methyl sites for hydroxylation is 1. The van der Waals surface area contributed by atoms with Gasteiger partial charge in [0.05, 0.1) is 5.02 Å². The number of phenolic OH excluding ortho intramolecular Hbond substituents is 1. The fourth-order valence-corrected chi connectivity index (χ4v) is 1.79. The van der Waals surface area contributed by atoms with Crippen molar-refractivity contribution in [2.24, 2.45) is 0 Å². The van der Waals surface area contributed by atoms with Gasteiger partial charge in [0.15, 0.2) is 0 Å². The molecule has 0 heterocycles. The van der Waals surface area contributed by atoms with Gasteiger partial charge in [0.2, 0.25) is 0 Å². The summed E-state index contributed by atoms with van der Waals surface area (Å²) < 4.78 is 5.62. The maximum atomic E-state index is 9.49. The molecular formula is C14H14ClNO2. The van der Waals surface area contributed by atoms with Gasteiger partial charge in [0, 0.05) is 17.3 Å². The minimum absolute atomic E-state index is 0.159. The van der Waals surface area contributed by atoms with Crippen LogP contribution in [-0.4, -0.2) is 5.11 Å². The Morgan fingerprint density at radius 2 is 2.00 bits per heavy atom. The van der Waals surface area contributed by atoms with E-state index >= 15 is 0 Å². The Labute approximate surface area is 111 Å². The molecule has 3 nitrogen and oxygen atoms in total. The second-order valence-electron chi connectivity index (χ2n) is 4.06. The molecule has 0 unspecified atom stereocenters. The van der Waals surface area contributed by atoms with Crippen molar-refractivity contribution in [2.45, 2.75) is 13.5 Å². The highest BCUT2D eigenvalue weighted by atomic mass is 35.5. The first kappa shape index (κ1) is 12.6. The molecule has 0 aromatic heterocycles. The molecule has 0 fully saturated rings. The van der Waals surface area contributed by atoms with Gasteiger partial charge in [-0.3, -0.25) is 0 Å². The Morgan fingerprint density at radius 1 is 1.28 bits per heavy atom. The third-order valence-corrected chi connectivity index (χ3v) is 2.98. The van der Waals surface area contributed by atoms with Crippen molar-refractivity contribution in [3.8, 4) is 11.5 Å². The third-order valence-electron chi connectivity index (χ3n) is 2.69. The van der Waals surface area contributed by atoms with Gasteiger partial charge in [-0.15, -0.1) is 0 Å². The summed E-state index contributed by atoms with van der Waals surface area (Å²) in [6, 6.07) is 10.7. The number of phenols is 1. The third kappa shape index (κ3) is 2.68. The van der Waals surface area contributed by atoms with Crippen LogP contribution < -0.4 is 10.5 Å². The lowest BCUT2D eigenvalue weighted by atomic mass is 10.2. The topological polar surface area (TPSA) is 55.5 Å². The zero-order valence-corrected chi connectivity index (χ0v) is 10.7. The number of nitrogens with two attached hydrogens (primary N) is 1. The first-order chi connectivity index (χ1) is 8.58. The van der Waals surface area contributed by atoms with E-state index in [1.54, 1.807) is 13.0 Å². The van der Waals surface area contributed by atoms with Gasteiger partial charge in [-0.2, -0.15) is 0 Å². The van der Waals surface area contributed by atoms with Crippen molar-refractivity contribution in [3.05, 3.63) is 52.5 Å². The Hall–Kier alpha value is -1.87. The van der Waals surface area contributed by atoms with Gasteiger partial charge >= 0.3 is 0 Å². The molecule has 0 atom stereocenters. The van der Waals surface area contributed by atoms with Gasteiger partial charge < -0.3 is 15.6 Å². The van der Waals surface area contributed by atoms with E-state index in [1.807, 2.05) is 24.3 Å². The summed E-state index contributed by atoms with van der Waals surface area (Å²) in [6.45, 7) is 2.13. The molecule has 2 rings (SSSR count). The van der Waals surface area contributed by atoms with Crippen molar-refractivity contribution in [3.63, 3.8) is 0 Å². The van der Waals surface area contributed by atoms with Gasteiger partial charge in [-0.25, -0.2) is 0 Å². The molecule has 18 heavy (non-hydrogen) atoms. The van der Waals surface area contributed by atoms with E-state index in [1.165, 1.54) is 6.07 Å². The normalized spacial score (nSPS) is 10.3. The summed E-state index contributed by atoms with van der Waals surface area (Å²) in [5.74, 6) is 0.696. The number of anilines is 1. The molecule has 0 saturated heterocycles. The lowest BCUT2D eigenvalue weighted by Gasteiger charge is -2.11. The quantitative estimate of drug-likeness (QED) is 0.833. The highest BCUT2D eigenvalue weighted by Crippen LogP contribution is 2.32. The highest BCUT2D eigenvalue weighted by Gasteiger charge is 2.07. The van der Waals surface area contributed by atoms with Crippen molar-refractivity contribution in [1.82, 2.24) is 0 Å². The van der Waals surface area contributed by atoms with Crippen LogP contribution in [-0.2, 0) is 6.61 Å². The summed E-state index contributed by atoms with van der Waals surface area (Å²) in [6.07, 6.45) is 0. The van der Waals surface area contributed by atoms with Crippen LogP contribution in [0.15, 0.2) is 36.4 Å². The van der Waals surface area contributed by atoms with Gasteiger partial charge in [-0.1, -0.05) is 29.8 Å². The van der Waals surface area contributed by atoms with Crippen molar-refractivity contribution in [1.29, 1.82) is 0 Å². The zero-order chi connectivity index (χ0) is 13.1. The number of halogens is 1. The summed E-state index contributed by atoms with van der Waals surface area (Å²) in [4.78, 5) is 0. The van der Waals surface area contributed by atoms with E-state index in [9.17, 15) is 5.11 Å². The lowest BCUT2D eigenvalue weighted by Crippen LogP contribution is -2.00. The Morgan fingerprint density at radius 3 is 2.72 bits per heavy atom. The summed E-state index contributed by atoms with van der Waals surface area (Å²) in [5, 5.41) is 9.88. The number of benzene rings is 2. The number of para-hydroxylation sites is 1. The average molecular weight is 264 g/mol. The summed E-state index contributed by atoms with van der Waals surface area (Å²) in [5.41, 5.74) is 8.13. The van der Waals surface area contributed by atoms with Gasteiger partial charge in [0.1, 0.15) is 18.1 Å². The number of aromatic hydroxyl groups is 1. The zero-order valence-electron chi connectivity index (χ0n) is 9.98. The summed E-state index contributed by atoms with van der Waals surface area (Å²) in [7, 11) is 0. The number of nitrogen functional groups attached to an aromatic ring is 1. The first-order valence-corrected chi connectivity index (χ1v) is 5.91. The number of rotatable bonds is 3. The molecule has 0 amide bonds. The summed E-state index contributed by atoms with van der Waals surface area (Å²) >= 11 is 5.99. The fourth-order valence-electron chi connectivity index (χ4n) is 1.58. The number of hydrogen-bond donors (Lipinski definition) is 2. The smallest absolute Gasteiger partial charge is 0.138 e. The Kier molecular flexibility index (Phi) is 3.63. The van der Waals surface area contributed by atoms with Crippen LogP contribution in [0.5, 0.6) is 11.5 Å². The molecular weight excluding hydrogens is 250 g/mol. The van der Waals surface area contributed by atoms with Crippen molar-refractivity contribution < 1.29 is 9.84 Å². The number of ether oxygens (including phenoxy) is 1. The molecule has 2 aromatic carbocycles. The van der Waals surface area contributed by atoms with Crippen LogP contribution in [0.2, 0.25) is 5.02 Å². The molecule has 0 aliphatic rings. The predicted octanol–water partition coefficient (Wildman–Crippen LogP) is 3.52. The first-order valence-electron chi connectivity index (χ1n) is 5.53. The van der Waals surface area contributed by atoms with Crippen LogP contribution in [0, 0.1) is 6.92 Å². The maximum Gasteiger partial charge on any atom is 0.138 e. The molecule has 3 N–H and O–H groups in total. The fraction of sp³-hybridized carbons (Fsp3) is 0.143. The van der Waals surface area contributed by atoms with E-state index in [4.69, 9.17) is 22.1 Å². The largest absolute Gasteiger partial charge is 0.508 e. The molecule has 0 radical (unpaired) electrons. The van der Waals surface area contributed by atoms with Crippen LogP contribution in [0.4, 0.5) is 5.69 Å². The van der Waals surface area contributed by atoms with Crippen LogP contribution in [0.1, 0.15) is 11.1 Å². The maximum absolute atomic E-state index is 9.49. The Balaban J connectivity index is 2.16. The molecule has 0 spiro atoms. The SMILES string of the molecule is Cc1cc(OCc2ccccc2N)c(Cl)cc1O. The van der Waals surface area contributed by atoms with E-state index in [0.29, 0.717) is 23.1 Å². The number of hydrogen-bond acceptors (Lipinski definition) is 3. The molecule has 0 aliphatic heterocycles. The lowest BCUT2D eigenvalue weighted by molar-refractivity contribution is 0.306. The monoisotopic (exact) mass is 263 g/mol. The molecule has 0 bridgehead atoms. The van der Waals surface area contributed by atoms with Crippen molar-refractivity contribution in [2.75, 3.05) is 5.73 Å². The molecule has 0 saturated carbocycles. The van der Waals surface area contributed by atoms with Gasteiger partial charge in [0.25, 0.3) is 0 Å². The van der Waals surface area contributed by atoms with Crippen molar-refractivity contribution >= 4 is 17.3 Å². The van der Waals surface area contributed by atoms with E-state index < -0.39 is 0 Å². The molecule has 2 aromatic rings.